The van der Waals surface area contributed by atoms with Gasteiger partial charge in [0, 0.05) is 0 Å². The summed E-state index contributed by atoms with van der Waals surface area (Å²) in [5.74, 6) is 0. The summed E-state index contributed by atoms with van der Waals surface area (Å²) in [5.41, 5.74) is 0. The maximum absolute atomic E-state index is 9.41. The molecule has 12 nitrogen and oxygen atoms in total. The maximum Gasteiger partial charge on any atom is 4.00 e. The van der Waals surface area contributed by atoms with Crippen LogP contribution >= 0.6 is 33.0 Å². The van der Waals surface area contributed by atoms with Gasteiger partial charge in [0.2, 0.25) is 0 Å². The van der Waals surface area contributed by atoms with Gasteiger partial charge in [0.05, 0.1) is 26.4 Å². The minimum absolute atomic E-state index is 0. The van der Waals surface area contributed by atoms with E-state index < -0.39 is 33.0 Å². The van der Waals surface area contributed by atoms with E-state index in [9.17, 15) is 37.8 Å². The summed E-state index contributed by atoms with van der Waals surface area (Å²) in [4.78, 5) is 37.7. The molecule has 25 heavy (non-hydrogen) atoms. The van der Waals surface area contributed by atoms with Crippen molar-refractivity contribution in [1.29, 1.82) is 0 Å². The molecule has 17 heteroatoms. The molecule has 0 aliphatic rings. The van der Waals surface area contributed by atoms with Gasteiger partial charge in [0.1, 0.15) is 0 Å². The van der Waals surface area contributed by atoms with E-state index in [4.69, 9.17) is 0 Å². The predicted octanol–water partition coefficient (Wildman–Crippen LogP) is 0.160. The van der Waals surface area contributed by atoms with Crippen LogP contribution in [0.3, 0.4) is 0 Å². The molecule has 0 bridgehead atoms. The van der Waals surface area contributed by atoms with Gasteiger partial charge in [-0.15, -0.1) is 18.1 Å². The average molecular weight is 480 g/mol. The molecule has 0 aromatic carbocycles. The van der Waals surface area contributed by atoms with E-state index in [0.717, 1.165) is 0 Å². The van der Waals surface area contributed by atoms with Crippen LogP contribution in [0, 0.1) is 0 Å². The molecule has 0 rings (SSSR count). The SMILES string of the molecule is CCO[P+](=O)[O-].CCO[P+](=O)[O-].CCO[P+](=O)[O-].CCO[P+](=O)[O-].[Ti+4]. The van der Waals surface area contributed by atoms with Crippen molar-refractivity contribution in [3.63, 3.8) is 0 Å². The Morgan fingerprint density at radius 1 is 0.520 bits per heavy atom. The fraction of sp³-hybridized carbons (Fsp3) is 1.00. The van der Waals surface area contributed by atoms with E-state index in [1.807, 2.05) is 0 Å². The molecule has 0 N–H and O–H groups in total. The van der Waals surface area contributed by atoms with Crippen LogP contribution in [0.15, 0.2) is 0 Å². The first-order chi connectivity index (χ1) is 11.1. The van der Waals surface area contributed by atoms with E-state index in [0.29, 0.717) is 0 Å². The fourth-order valence-electron chi connectivity index (χ4n) is 0.422. The van der Waals surface area contributed by atoms with Crippen molar-refractivity contribution in [1.82, 2.24) is 0 Å². The molecule has 0 amide bonds. The quantitative estimate of drug-likeness (QED) is 0.338. The van der Waals surface area contributed by atoms with Gasteiger partial charge in [0.25, 0.3) is 0 Å². The van der Waals surface area contributed by atoms with Crippen LogP contribution in [0.2, 0.25) is 0 Å². The Hall–Kier alpha value is 0.794. The third kappa shape index (κ3) is 78.7. The summed E-state index contributed by atoms with van der Waals surface area (Å²) in [6.45, 7) is 7.40. The second kappa shape index (κ2) is 32.5. The van der Waals surface area contributed by atoms with Crippen molar-refractivity contribution in [2.24, 2.45) is 0 Å². The molecule has 0 fully saturated rings. The van der Waals surface area contributed by atoms with Crippen molar-refractivity contribution in [2.75, 3.05) is 26.4 Å². The van der Waals surface area contributed by atoms with E-state index in [-0.39, 0.29) is 48.1 Å². The Kier molecular flexibility index (Phi) is 47.6. The van der Waals surface area contributed by atoms with Gasteiger partial charge < -0.3 is 19.6 Å². The van der Waals surface area contributed by atoms with Crippen molar-refractivity contribution >= 4 is 33.0 Å². The topological polar surface area (TPSA) is 197 Å². The van der Waals surface area contributed by atoms with Crippen LogP contribution < -0.4 is 19.6 Å². The molecule has 144 valence electrons. The molecule has 4 unspecified atom stereocenters. The second-order valence-electron chi connectivity index (χ2n) is 2.57. The van der Waals surface area contributed by atoms with E-state index in [1.165, 1.54) is 0 Å². The molecule has 0 saturated heterocycles. The van der Waals surface area contributed by atoms with Crippen molar-refractivity contribution in [3.8, 4) is 0 Å². The van der Waals surface area contributed by atoms with Gasteiger partial charge in [-0.2, -0.15) is 0 Å². The maximum atomic E-state index is 9.41. The molecule has 0 aromatic rings. The number of rotatable bonds is 8. The minimum Gasteiger partial charge on any atom is -0.566 e. The van der Waals surface area contributed by atoms with Crippen LogP contribution in [-0.4, -0.2) is 26.4 Å². The van der Waals surface area contributed by atoms with Gasteiger partial charge in [0.15, 0.2) is 0 Å². The molecule has 0 spiro atoms. The van der Waals surface area contributed by atoms with Crippen molar-refractivity contribution in [2.45, 2.75) is 27.7 Å². The smallest absolute Gasteiger partial charge is 0.566 e. The predicted molar refractivity (Wildman–Crippen MR) is 76.9 cm³/mol. The standard InChI is InChI=1S/4C2H5O3P.Ti/c4*1-2-5-6(3)4;/h4*2H2,1H3;/q;;;;+4. The Balaban J connectivity index is -0.0000000702. The van der Waals surface area contributed by atoms with Gasteiger partial charge >= 0.3 is 54.7 Å². The second-order valence-corrected chi connectivity index (χ2v) is 5.39. The van der Waals surface area contributed by atoms with Crippen LogP contribution in [0.25, 0.3) is 0 Å². The molecular formula is C8H20O12P4Ti+4. The molecular weight excluding hydrogens is 460 g/mol. The monoisotopic (exact) mass is 480 g/mol. The van der Waals surface area contributed by atoms with Gasteiger partial charge in [-0.3, -0.25) is 0 Å². The summed E-state index contributed by atoms with van der Waals surface area (Å²) in [6.07, 6.45) is 0. The number of hydrogen-bond donors (Lipinski definition) is 0. The summed E-state index contributed by atoms with van der Waals surface area (Å²) >= 11 is 0. The Labute approximate surface area is 164 Å². The molecule has 4 atom stereocenters. The zero-order valence-corrected chi connectivity index (χ0v) is 19.2. The van der Waals surface area contributed by atoms with E-state index in [2.05, 4.69) is 18.1 Å². The van der Waals surface area contributed by atoms with Crippen LogP contribution in [-0.2, 0) is 58.1 Å². The Morgan fingerprint density at radius 2 is 0.640 bits per heavy atom. The molecule has 0 radical (unpaired) electrons. The zero-order valence-electron chi connectivity index (χ0n) is 14.0. The molecule has 0 aromatic heterocycles. The first kappa shape index (κ1) is 36.7. The first-order valence-electron chi connectivity index (χ1n) is 6.17. The molecule has 0 saturated carbocycles. The first-order valence-corrected chi connectivity index (χ1v) is 10.6. The molecule has 0 aliphatic heterocycles. The summed E-state index contributed by atoms with van der Waals surface area (Å²) < 4.78 is 53.6. The zero-order chi connectivity index (χ0) is 20.0. The third-order valence-electron chi connectivity index (χ3n) is 0.938. The van der Waals surface area contributed by atoms with Gasteiger partial charge in [-0.05, 0) is 46.0 Å². The summed E-state index contributed by atoms with van der Waals surface area (Å²) in [7, 11) is -10.4. The third-order valence-corrected chi connectivity index (χ3v) is 2.81. The largest absolute Gasteiger partial charge is 4.00 e. The van der Waals surface area contributed by atoms with Crippen LogP contribution in [0.1, 0.15) is 27.7 Å². The van der Waals surface area contributed by atoms with Gasteiger partial charge in [-0.25, -0.2) is 0 Å². The van der Waals surface area contributed by atoms with Crippen molar-refractivity contribution in [3.05, 3.63) is 0 Å². The number of hydrogen-bond acceptors (Lipinski definition) is 12. The molecule has 0 aliphatic carbocycles. The minimum atomic E-state index is -2.60. The normalized spacial score (nSPS) is 10.9. The van der Waals surface area contributed by atoms with E-state index in [1.54, 1.807) is 27.7 Å². The van der Waals surface area contributed by atoms with Crippen LogP contribution in [0.5, 0.6) is 0 Å². The summed E-state index contributed by atoms with van der Waals surface area (Å²) in [5, 5.41) is 0. The molecule has 0 heterocycles. The van der Waals surface area contributed by atoms with Gasteiger partial charge in [-0.1, -0.05) is 0 Å². The summed E-state index contributed by atoms with van der Waals surface area (Å²) in [6, 6.07) is 0. The Bertz CT molecular complexity index is 281. The van der Waals surface area contributed by atoms with E-state index >= 15 is 0 Å². The van der Waals surface area contributed by atoms with Crippen LogP contribution in [0.4, 0.5) is 0 Å². The van der Waals surface area contributed by atoms with Crippen molar-refractivity contribution < 1.29 is 77.6 Å². The Morgan fingerprint density at radius 3 is 0.640 bits per heavy atom. The average Bonchev–Trinajstić information content (AvgIpc) is 2.39. The fourth-order valence-corrected chi connectivity index (χ4v) is 1.26.